The summed E-state index contributed by atoms with van der Waals surface area (Å²) in [6, 6.07) is 17.9. The summed E-state index contributed by atoms with van der Waals surface area (Å²) < 4.78 is 0. The number of piperazine rings is 1. The van der Waals surface area contributed by atoms with Crippen molar-refractivity contribution >= 4 is 23.2 Å². The number of nitriles is 1. The van der Waals surface area contributed by atoms with E-state index in [1.54, 1.807) is 6.20 Å². The fourth-order valence-electron chi connectivity index (χ4n) is 3.50. The van der Waals surface area contributed by atoms with Crippen molar-refractivity contribution < 1.29 is 4.79 Å². The Morgan fingerprint density at radius 1 is 1.20 bits per heavy atom. The zero-order chi connectivity index (χ0) is 21.5. The van der Waals surface area contributed by atoms with E-state index in [-0.39, 0.29) is 17.5 Å². The molecule has 1 atom stereocenters. The zero-order valence-corrected chi connectivity index (χ0v) is 18.2. The van der Waals surface area contributed by atoms with Gasteiger partial charge in [0.15, 0.2) is 0 Å². The lowest BCUT2D eigenvalue weighted by molar-refractivity contribution is -0.117. The Morgan fingerprint density at radius 3 is 2.50 bits per heavy atom. The first-order chi connectivity index (χ1) is 14.5. The molecule has 0 aromatic heterocycles. The first-order valence-electron chi connectivity index (χ1n) is 10.3. The average Bonchev–Trinajstić information content (AvgIpc) is 2.77. The second kappa shape index (κ2) is 10.2. The van der Waals surface area contributed by atoms with Crippen molar-refractivity contribution in [2.24, 2.45) is 0 Å². The molecule has 2 aromatic rings. The zero-order valence-electron chi connectivity index (χ0n) is 17.4. The summed E-state index contributed by atoms with van der Waals surface area (Å²) in [5.74, 6) is -0.346. The topological polar surface area (TPSA) is 59.4 Å². The van der Waals surface area contributed by atoms with Gasteiger partial charge >= 0.3 is 0 Å². The van der Waals surface area contributed by atoms with E-state index in [0.29, 0.717) is 0 Å². The molecule has 30 heavy (non-hydrogen) atoms. The van der Waals surface area contributed by atoms with E-state index in [0.717, 1.165) is 48.9 Å². The number of rotatable bonds is 6. The van der Waals surface area contributed by atoms with Crippen molar-refractivity contribution in [3.05, 3.63) is 76.5 Å². The smallest absolute Gasteiger partial charge is 0.263 e. The highest BCUT2D eigenvalue weighted by Crippen LogP contribution is 2.21. The number of carbonyl (C=O) groups excluding carboxylic acids is 1. The number of benzene rings is 2. The summed E-state index contributed by atoms with van der Waals surface area (Å²) in [6.07, 6.45) is 2.66. The van der Waals surface area contributed by atoms with Crippen molar-refractivity contribution in [3.8, 4) is 6.07 Å². The second-order valence-corrected chi connectivity index (χ2v) is 7.88. The van der Waals surface area contributed by atoms with Crippen LogP contribution in [0.4, 0.5) is 5.69 Å². The number of halogens is 1. The molecule has 0 saturated carbocycles. The minimum Gasteiger partial charge on any atom is -0.373 e. The molecule has 1 amide bonds. The molecule has 5 nitrogen and oxygen atoms in total. The molecule has 6 heteroatoms. The SMILES string of the molecule is CCc1ccc(C(C)NC(=O)/C(C#N)=C\N2CCN(c3cccc(Cl)c3)CC2)cc1. The molecule has 1 N–H and O–H groups in total. The number of hydrogen-bond donors (Lipinski definition) is 1. The molecule has 1 heterocycles. The van der Waals surface area contributed by atoms with Crippen LogP contribution in [0.1, 0.15) is 31.0 Å². The van der Waals surface area contributed by atoms with Crippen LogP contribution in [0.3, 0.4) is 0 Å². The van der Waals surface area contributed by atoms with Gasteiger partial charge in [0.1, 0.15) is 11.6 Å². The van der Waals surface area contributed by atoms with Crippen LogP contribution in [0.5, 0.6) is 0 Å². The van der Waals surface area contributed by atoms with Crippen LogP contribution in [0.25, 0.3) is 0 Å². The van der Waals surface area contributed by atoms with E-state index >= 15 is 0 Å². The largest absolute Gasteiger partial charge is 0.373 e. The van der Waals surface area contributed by atoms with Gasteiger partial charge in [0.2, 0.25) is 0 Å². The first kappa shape index (κ1) is 21.7. The van der Waals surface area contributed by atoms with E-state index < -0.39 is 0 Å². The van der Waals surface area contributed by atoms with Crippen molar-refractivity contribution in [1.29, 1.82) is 5.26 Å². The molecule has 0 bridgehead atoms. The normalized spacial score (nSPS) is 15.5. The number of carbonyl (C=O) groups is 1. The van der Waals surface area contributed by atoms with Gasteiger partial charge in [0.25, 0.3) is 5.91 Å². The average molecular weight is 423 g/mol. The predicted octanol–water partition coefficient (Wildman–Crippen LogP) is 4.31. The third-order valence-corrected chi connectivity index (χ3v) is 5.64. The van der Waals surface area contributed by atoms with Crippen molar-refractivity contribution in [2.45, 2.75) is 26.3 Å². The van der Waals surface area contributed by atoms with Gasteiger partial charge in [0, 0.05) is 43.1 Å². The quantitative estimate of drug-likeness (QED) is 0.556. The Kier molecular flexibility index (Phi) is 7.37. The van der Waals surface area contributed by atoms with Gasteiger partial charge < -0.3 is 15.1 Å². The lowest BCUT2D eigenvalue weighted by Crippen LogP contribution is -2.44. The molecular weight excluding hydrogens is 396 g/mol. The Hall–Kier alpha value is -2.97. The maximum absolute atomic E-state index is 12.6. The number of hydrogen-bond acceptors (Lipinski definition) is 4. The van der Waals surface area contributed by atoms with Crippen LogP contribution in [0.2, 0.25) is 5.02 Å². The van der Waals surface area contributed by atoms with Gasteiger partial charge in [-0.2, -0.15) is 5.26 Å². The highest BCUT2D eigenvalue weighted by Gasteiger charge is 2.19. The standard InChI is InChI=1S/C24H27ClN4O/c1-3-19-7-9-20(10-8-19)18(2)27-24(30)21(16-26)17-28-11-13-29(14-12-28)23-6-4-5-22(25)15-23/h4-10,15,17-18H,3,11-14H2,1-2H3,(H,27,30)/b21-17-. The third kappa shape index (κ3) is 5.55. The van der Waals surface area contributed by atoms with Gasteiger partial charge in [-0.15, -0.1) is 0 Å². The Balaban J connectivity index is 1.58. The summed E-state index contributed by atoms with van der Waals surface area (Å²) in [4.78, 5) is 16.9. The first-order valence-corrected chi connectivity index (χ1v) is 10.6. The van der Waals surface area contributed by atoms with E-state index in [1.165, 1.54) is 5.56 Å². The van der Waals surface area contributed by atoms with Crippen molar-refractivity contribution in [1.82, 2.24) is 10.2 Å². The molecule has 1 aliphatic heterocycles. The van der Waals surface area contributed by atoms with Gasteiger partial charge in [-0.25, -0.2) is 0 Å². The minimum atomic E-state index is -0.346. The summed E-state index contributed by atoms with van der Waals surface area (Å²) in [5.41, 5.74) is 3.50. The van der Waals surface area contributed by atoms with E-state index in [4.69, 9.17) is 11.6 Å². The van der Waals surface area contributed by atoms with Crippen LogP contribution in [0.15, 0.2) is 60.3 Å². The van der Waals surface area contributed by atoms with Crippen molar-refractivity contribution in [2.75, 3.05) is 31.1 Å². The van der Waals surface area contributed by atoms with E-state index in [9.17, 15) is 10.1 Å². The Morgan fingerprint density at radius 2 is 1.90 bits per heavy atom. The molecule has 156 valence electrons. The maximum Gasteiger partial charge on any atom is 0.263 e. The Bertz CT molecular complexity index is 940. The fraction of sp³-hybridized carbons (Fsp3) is 0.333. The fourth-order valence-corrected chi connectivity index (χ4v) is 3.69. The summed E-state index contributed by atoms with van der Waals surface area (Å²) in [6.45, 7) is 7.11. The monoisotopic (exact) mass is 422 g/mol. The number of nitrogens with one attached hydrogen (secondary N) is 1. The molecule has 1 fully saturated rings. The third-order valence-electron chi connectivity index (χ3n) is 5.40. The molecule has 0 aliphatic carbocycles. The number of aryl methyl sites for hydroxylation is 1. The number of anilines is 1. The van der Waals surface area contributed by atoms with Crippen LogP contribution in [-0.2, 0) is 11.2 Å². The van der Waals surface area contributed by atoms with Gasteiger partial charge in [-0.1, -0.05) is 48.9 Å². The van der Waals surface area contributed by atoms with Crippen LogP contribution >= 0.6 is 11.6 Å². The molecule has 0 spiro atoms. The van der Waals surface area contributed by atoms with Crippen molar-refractivity contribution in [3.63, 3.8) is 0 Å². The highest BCUT2D eigenvalue weighted by molar-refractivity contribution is 6.30. The van der Waals surface area contributed by atoms with Crippen LogP contribution in [0, 0.1) is 11.3 Å². The lowest BCUT2D eigenvalue weighted by atomic mass is 10.0. The lowest BCUT2D eigenvalue weighted by Gasteiger charge is -2.35. The van der Waals surface area contributed by atoms with Gasteiger partial charge in [-0.3, -0.25) is 4.79 Å². The van der Waals surface area contributed by atoms with Crippen LogP contribution in [-0.4, -0.2) is 37.0 Å². The molecular formula is C24H27ClN4O. The molecule has 2 aromatic carbocycles. The van der Waals surface area contributed by atoms with E-state index in [2.05, 4.69) is 35.3 Å². The molecule has 1 saturated heterocycles. The Labute approximate surface area is 183 Å². The summed E-state index contributed by atoms with van der Waals surface area (Å²) in [7, 11) is 0. The molecule has 0 radical (unpaired) electrons. The molecule has 3 rings (SSSR count). The summed E-state index contributed by atoms with van der Waals surface area (Å²) in [5, 5.41) is 13.2. The summed E-state index contributed by atoms with van der Waals surface area (Å²) >= 11 is 6.09. The minimum absolute atomic E-state index is 0.128. The highest BCUT2D eigenvalue weighted by atomic mass is 35.5. The van der Waals surface area contributed by atoms with E-state index in [1.807, 2.05) is 48.2 Å². The molecule has 1 aliphatic rings. The van der Waals surface area contributed by atoms with Gasteiger partial charge in [-0.05, 0) is 42.7 Å². The number of nitrogens with zero attached hydrogens (tertiary/aromatic N) is 3. The molecule has 1 unspecified atom stereocenters. The second-order valence-electron chi connectivity index (χ2n) is 7.45. The predicted molar refractivity (Wildman–Crippen MR) is 121 cm³/mol. The number of amides is 1. The van der Waals surface area contributed by atoms with Crippen LogP contribution < -0.4 is 10.2 Å². The maximum atomic E-state index is 12.6. The van der Waals surface area contributed by atoms with Gasteiger partial charge in [0.05, 0.1) is 6.04 Å².